The standard InChI is InChI=1S/C4H4N4/c1-2-6-8-4-3-7-5-1/h1-4H/b2-1?,4-3?,5-1-,6-2-,7-3?,7-5?,8-4?,8-6?. The van der Waals surface area contributed by atoms with E-state index in [1.54, 1.807) is 0 Å². The largest absolute Gasteiger partial charge is 0.157 e. The van der Waals surface area contributed by atoms with E-state index in [9.17, 15) is 0 Å². The van der Waals surface area contributed by atoms with Crippen molar-refractivity contribution in [3.05, 3.63) is 0 Å². The van der Waals surface area contributed by atoms with Gasteiger partial charge in [-0.2, -0.15) is 20.4 Å². The Kier molecular flexibility index (Phi) is 1.68. The molecule has 0 N–H and O–H groups in total. The molecular formula is C4H4N4. The van der Waals surface area contributed by atoms with Gasteiger partial charge >= 0.3 is 0 Å². The van der Waals surface area contributed by atoms with Gasteiger partial charge in [-0.1, -0.05) is 0 Å². The summed E-state index contributed by atoms with van der Waals surface area (Å²) < 4.78 is 0. The fourth-order valence-corrected chi connectivity index (χ4v) is 0.273. The van der Waals surface area contributed by atoms with E-state index in [-0.39, 0.29) is 0 Å². The molecule has 0 bridgehead atoms. The van der Waals surface area contributed by atoms with Gasteiger partial charge in [0.2, 0.25) is 0 Å². The van der Waals surface area contributed by atoms with E-state index in [0.717, 1.165) is 0 Å². The highest BCUT2D eigenvalue weighted by Gasteiger charge is 1.68. The summed E-state index contributed by atoms with van der Waals surface area (Å²) in [6.45, 7) is 0. The molecule has 0 unspecified atom stereocenters. The van der Waals surface area contributed by atoms with Crippen molar-refractivity contribution < 1.29 is 0 Å². The predicted octanol–water partition coefficient (Wildman–Crippen LogP) is 0.113. The van der Waals surface area contributed by atoms with E-state index >= 15 is 0 Å². The van der Waals surface area contributed by atoms with Crippen molar-refractivity contribution in [1.82, 2.24) is 0 Å². The predicted molar refractivity (Wildman–Crippen MR) is 34.0 cm³/mol. The van der Waals surface area contributed by atoms with Crippen molar-refractivity contribution in [2.45, 2.75) is 0 Å². The molecule has 0 fully saturated rings. The highest BCUT2D eigenvalue weighted by Crippen LogP contribution is 1.70. The molecule has 4 nitrogen and oxygen atoms in total. The van der Waals surface area contributed by atoms with Crippen LogP contribution in [0, 0.1) is 0 Å². The van der Waals surface area contributed by atoms with Gasteiger partial charge in [0.25, 0.3) is 0 Å². The first-order valence-electron chi connectivity index (χ1n) is 2.10. The Labute approximate surface area is 46.3 Å². The molecular weight excluding hydrogens is 104 g/mol. The first-order chi connectivity index (χ1) is 4.00. The highest BCUT2D eigenvalue weighted by molar-refractivity contribution is 6.19. The third-order valence-corrected chi connectivity index (χ3v) is 0.533. The molecule has 0 atom stereocenters. The SMILES string of the molecule is C1=N/N=C\C=N/N=C1. The zero-order chi connectivity index (χ0) is 5.66. The molecule has 1 aliphatic heterocycles. The zero-order valence-electron chi connectivity index (χ0n) is 4.10. The van der Waals surface area contributed by atoms with Gasteiger partial charge in [-0.05, 0) is 0 Å². The average molecular weight is 108 g/mol. The second-order valence-corrected chi connectivity index (χ2v) is 1.06. The Morgan fingerprint density at radius 1 is 0.500 bits per heavy atom. The molecule has 0 saturated heterocycles. The maximum absolute atomic E-state index is 3.53. The van der Waals surface area contributed by atoms with Gasteiger partial charge in [-0.25, -0.2) is 0 Å². The average Bonchev–Trinajstić information content (AvgIpc) is 1.62. The molecule has 4 heteroatoms. The number of rotatable bonds is 0. The number of hydrogen-bond donors (Lipinski definition) is 0. The number of nitrogens with zero attached hydrogens (tertiary/aromatic N) is 4. The summed E-state index contributed by atoms with van der Waals surface area (Å²) in [5, 5.41) is 14.1. The minimum absolute atomic E-state index is 1.47. The van der Waals surface area contributed by atoms with E-state index in [1.807, 2.05) is 0 Å². The summed E-state index contributed by atoms with van der Waals surface area (Å²) in [6.07, 6.45) is 5.86. The Bertz CT molecular complexity index is 109. The minimum atomic E-state index is 1.47. The summed E-state index contributed by atoms with van der Waals surface area (Å²) in [5.74, 6) is 0. The Morgan fingerprint density at radius 2 is 0.750 bits per heavy atom. The Morgan fingerprint density at radius 3 is 1.00 bits per heavy atom. The van der Waals surface area contributed by atoms with E-state index in [4.69, 9.17) is 0 Å². The van der Waals surface area contributed by atoms with Gasteiger partial charge in [-0.15, -0.1) is 0 Å². The third kappa shape index (κ3) is 1.42. The topological polar surface area (TPSA) is 49.4 Å². The lowest BCUT2D eigenvalue weighted by molar-refractivity contribution is 1.25. The van der Waals surface area contributed by atoms with Crippen molar-refractivity contribution in [1.29, 1.82) is 0 Å². The van der Waals surface area contributed by atoms with Crippen LogP contribution in [0.3, 0.4) is 0 Å². The second kappa shape index (κ2) is 2.79. The van der Waals surface area contributed by atoms with E-state index in [1.165, 1.54) is 24.9 Å². The van der Waals surface area contributed by atoms with Crippen LogP contribution in [0.2, 0.25) is 0 Å². The lowest BCUT2D eigenvalue weighted by atomic mass is 10.8. The summed E-state index contributed by atoms with van der Waals surface area (Å²) in [6, 6.07) is 0. The maximum Gasteiger partial charge on any atom is 0.0697 e. The monoisotopic (exact) mass is 108 g/mol. The zero-order valence-corrected chi connectivity index (χ0v) is 4.10. The molecule has 40 valence electrons. The van der Waals surface area contributed by atoms with Crippen molar-refractivity contribution in [2.24, 2.45) is 20.4 Å². The molecule has 0 saturated carbocycles. The van der Waals surface area contributed by atoms with Gasteiger partial charge in [0.1, 0.15) is 0 Å². The second-order valence-electron chi connectivity index (χ2n) is 1.06. The Hall–Kier alpha value is -1.32. The quantitative estimate of drug-likeness (QED) is 0.423. The minimum Gasteiger partial charge on any atom is -0.157 e. The Balaban J connectivity index is 2.67. The molecule has 0 aliphatic carbocycles. The number of hydrogen-bond acceptors (Lipinski definition) is 4. The highest BCUT2D eigenvalue weighted by atomic mass is 15.2. The normalized spacial score (nSPS) is 24.0. The molecule has 0 radical (unpaired) electrons. The molecule has 0 aromatic carbocycles. The van der Waals surface area contributed by atoms with Crippen molar-refractivity contribution >= 4 is 24.9 Å². The molecule has 0 amide bonds. The molecule has 0 aromatic rings. The fourth-order valence-electron chi connectivity index (χ4n) is 0.273. The van der Waals surface area contributed by atoms with Gasteiger partial charge in [0, 0.05) is 0 Å². The van der Waals surface area contributed by atoms with Crippen LogP contribution in [0.25, 0.3) is 0 Å². The smallest absolute Gasteiger partial charge is 0.0697 e. The van der Waals surface area contributed by atoms with Crippen LogP contribution < -0.4 is 0 Å². The van der Waals surface area contributed by atoms with Crippen LogP contribution in [0.5, 0.6) is 0 Å². The molecule has 0 spiro atoms. The van der Waals surface area contributed by atoms with Crippen molar-refractivity contribution in [3.63, 3.8) is 0 Å². The maximum atomic E-state index is 3.53. The van der Waals surface area contributed by atoms with Crippen LogP contribution in [0.1, 0.15) is 0 Å². The van der Waals surface area contributed by atoms with E-state index < -0.39 is 0 Å². The molecule has 0 aromatic heterocycles. The van der Waals surface area contributed by atoms with Gasteiger partial charge in [-0.3, -0.25) is 0 Å². The van der Waals surface area contributed by atoms with Crippen LogP contribution in [0.15, 0.2) is 20.4 Å². The van der Waals surface area contributed by atoms with Crippen LogP contribution in [-0.4, -0.2) is 24.9 Å². The van der Waals surface area contributed by atoms with Crippen LogP contribution in [0.4, 0.5) is 0 Å². The summed E-state index contributed by atoms with van der Waals surface area (Å²) in [5.41, 5.74) is 0. The molecule has 1 rings (SSSR count). The first-order valence-corrected chi connectivity index (χ1v) is 2.10. The van der Waals surface area contributed by atoms with E-state index in [2.05, 4.69) is 20.4 Å². The molecule has 1 aliphatic rings. The summed E-state index contributed by atoms with van der Waals surface area (Å²) in [7, 11) is 0. The van der Waals surface area contributed by atoms with Gasteiger partial charge in [0.05, 0.1) is 24.9 Å². The molecule has 1 heterocycles. The van der Waals surface area contributed by atoms with Crippen molar-refractivity contribution in [3.8, 4) is 0 Å². The summed E-state index contributed by atoms with van der Waals surface area (Å²) >= 11 is 0. The fraction of sp³-hybridized carbons (Fsp3) is 0. The van der Waals surface area contributed by atoms with Crippen LogP contribution in [-0.2, 0) is 0 Å². The molecule has 8 heavy (non-hydrogen) atoms. The van der Waals surface area contributed by atoms with Crippen molar-refractivity contribution in [2.75, 3.05) is 0 Å². The van der Waals surface area contributed by atoms with E-state index in [0.29, 0.717) is 0 Å². The van der Waals surface area contributed by atoms with Crippen LogP contribution >= 0.6 is 0 Å². The third-order valence-electron chi connectivity index (χ3n) is 0.533. The lowest BCUT2D eigenvalue weighted by Gasteiger charge is -1.76. The first kappa shape index (κ1) is 4.83. The summed E-state index contributed by atoms with van der Waals surface area (Å²) in [4.78, 5) is 0. The van der Waals surface area contributed by atoms with Gasteiger partial charge in [0.15, 0.2) is 0 Å². The lowest BCUT2D eigenvalue weighted by Crippen LogP contribution is -1.79. The van der Waals surface area contributed by atoms with Gasteiger partial charge < -0.3 is 0 Å².